The second-order valence-corrected chi connectivity index (χ2v) is 5.63. The minimum atomic E-state index is -0.327. The normalized spacial score (nSPS) is 10.2. The number of halogens is 2. The zero-order valence-corrected chi connectivity index (χ0v) is 13.3. The zero-order chi connectivity index (χ0) is 14.5. The van der Waals surface area contributed by atoms with Crippen molar-refractivity contribution in [2.24, 2.45) is 5.84 Å². The number of hydrazine groups is 1. The molecule has 0 spiro atoms. The third-order valence-electron chi connectivity index (χ3n) is 2.63. The van der Waals surface area contributed by atoms with E-state index in [9.17, 15) is 4.79 Å². The van der Waals surface area contributed by atoms with E-state index in [1.807, 2.05) is 24.3 Å². The van der Waals surface area contributed by atoms with Crippen molar-refractivity contribution in [3.8, 4) is 5.75 Å². The third-order valence-corrected chi connectivity index (χ3v) is 3.73. The van der Waals surface area contributed by atoms with Gasteiger partial charge in [-0.2, -0.15) is 0 Å². The van der Waals surface area contributed by atoms with Crippen LogP contribution in [0.25, 0.3) is 0 Å². The van der Waals surface area contributed by atoms with Crippen molar-refractivity contribution >= 4 is 40.1 Å². The molecule has 2 aromatic rings. The Morgan fingerprint density at radius 2 is 1.95 bits per heavy atom. The van der Waals surface area contributed by atoms with Gasteiger partial charge in [0.2, 0.25) is 0 Å². The summed E-state index contributed by atoms with van der Waals surface area (Å²) < 4.78 is 6.56. The molecule has 0 heterocycles. The standard InChI is InChI=1S/C14H12ClIN2O2/c15-11-4-1-9(2-5-11)8-20-13-6-3-10(7-12(13)16)14(19)18-17/h1-7H,8,17H2,(H,18,19). The minimum absolute atomic E-state index is 0.327. The Kier molecular flexibility index (Phi) is 5.22. The number of amides is 1. The van der Waals surface area contributed by atoms with Crippen LogP contribution in [0.2, 0.25) is 5.02 Å². The first-order chi connectivity index (χ1) is 9.60. The van der Waals surface area contributed by atoms with Crippen molar-refractivity contribution in [2.45, 2.75) is 6.61 Å². The fourth-order valence-corrected chi connectivity index (χ4v) is 2.38. The molecule has 0 aromatic heterocycles. The van der Waals surface area contributed by atoms with Crippen LogP contribution >= 0.6 is 34.2 Å². The maximum atomic E-state index is 11.4. The summed E-state index contributed by atoms with van der Waals surface area (Å²) in [6, 6.07) is 12.6. The van der Waals surface area contributed by atoms with Crippen molar-refractivity contribution in [1.82, 2.24) is 5.43 Å². The third kappa shape index (κ3) is 3.84. The molecule has 104 valence electrons. The van der Waals surface area contributed by atoms with E-state index >= 15 is 0 Å². The van der Waals surface area contributed by atoms with E-state index in [-0.39, 0.29) is 5.91 Å². The second-order valence-electron chi connectivity index (χ2n) is 4.03. The summed E-state index contributed by atoms with van der Waals surface area (Å²) in [6.07, 6.45) is 0. The highest BCUT2D eigenvalue weighted by Crippen LogP contribution is 2.23. The van der Waals surface area contributed by atoms with E-state index in [2.05, 4.69) is 28.0 Å². The molecule has 0 atom stereocenters. The molecule has 2 rings (SSSR count). The van der Waals surface area contributed by atoms with Gasteiger partial charge in [-0.1, -0.05) is 23.7 Å². The molecular weight excluding hydrogens is 391 g/mol. The number of hydrogen-bond donors (Lipinski definition) is 2. The molecule has 3 N–H and O–H groups in total. The SMILES string of the molecule is NNC(=O)c1ccc(OCc2ccc(Cl)cc2)c(I)c1. The molecule has 0 fully saturated rings. The van der Waals surface area contributed by atoms with Crippen LogP contribution in [-0.4, -0.2) is 5.91 Å². The van der Waals surface area contributed by atoms with Gasteiger partial charge in [0.15, 0.2) is 0 Å². The molecule has 20 heavy (non-hydrogen) atoms. The van der Waals surface area contributed by atoms with Crippen LogP contribution in [-0.2, 0) is 6.61 Å². The highest BCUT2D eigenvalue weighted by molar-refractivity contribution is 14.1. The van der Waals surface area contributed by atoms with Gasteiger partial charge >= 0.3 is 0 Å². The predicted octanol–water partition coefficient (Wildman–Crippen LogP) is 3.13. The Morgan fingerprint density at radius 1 is 1.25 bits per heavy atom. The van der Waals surface area contributed by atoms with E-state index in [0.717, 1.165) is 9.13 Å². The highest BCUT2D eigenvalue weighted by Gasteiger charge is 2.08. The smallest absolute Gasteiger partial charge is 0.265 e. The van der Waals surface area contributed by atoms with Crippen LogP contribution in [0.1, 0.15) is 15.9 Å². The first-order valence-corrected chi connectivity index (χ1v) is 7.23. The quantitative estimate of drug-likeness (QED) is 0.357. The number of carbonyl (C=O) groups is 1. The Balaban J connectivity index is 2.06. The van der Waals surface area contributed by atoms with Gasteiger partial charge in [0.1, 0.15) is 12.4 Å². The van der Waals surface area contributed by atoms with Crippen molar-refractivity contribution in [2.75, 3.05) is 0 Å². The van der Waals surface area contributed by atoms with E-state index in [1.54, 1.807) is 18.2 Å². The van der Waals surface area contributed by atoms with Gasteiger partial charge < -0.3 is 4.74 Å². The summed E-state index contributed by atoms with van der Waals surface area (Å²) in [5.41, 5.74) is 3.61. The Labute approximate surface area is 135 Å². The Bertz CT molecular complexity index is 617. The van der Waals surface area contributed by atoms with Gasteiger partial charge in [-0.05, 0) is 58.5 Å². The molecule has 0 bridgehead atoms. The number of nitrogens with one attached hydrogen (secondary N) is 1. The topological polar surface area (TPSA) is 64.3 Å². The molecular formula is C14H12ClIN2O2. The summed E-state index contributed by atoms with van der Waals surface area (Å²) in [4.78, 5) is 11.4. The Morgan fingerprint density at radius 3 is 2.55 bits per heavy atom. The lowest BCUT2D eigenvalue weighted by atomic mass is 10.2. The number of ether oxygens (including phenoxy) is 1. The van der Waals surface area contributed by atoms with Gasteiger partial charge in [0.05, 0.1) is 3.57 Å². The first kappa shape index (κ1) is 15.1. The van der Waals surface area contributed by atoms with Crippen LogP contribution in [0.15, 0.2) is 42.5 Å². The molecule has 0 radical (unpaired) electrons. The van der Waals surface area contributed by atoms with Gasteiger partial charge in [-0.3, -0.25) is 10.2 Å². The van der Waals surface area contributed by atoms with E-state index < -0.39 is 0 Å². The van der Waals surface area contributed by atoms with Crippen molar-refractivity contribution in [3.63, 3.8) is 0 Å². The maximum absolute atomic E-state index is 11.4. The molecule has 0 aliphatic heterocycles. The van der Waals surface area contributed by atoms with E-state index in [0.29, 0.717) is 22.9 Å². The summed E-state index contributed by atoms with van der Waals surface area (Å²) in [5, 5.41) is 0.695. The minimum Gasteiger partial charge on any atom is -0.488 e. The van der Waals surface area contributed by atoms with Crippen LogP contribution in [0.5, 0.6) is 5.75 Å². The maximum Gasteiger partial charge on any atom is 0.265 e. The molecule has 6 heteroatoms. The number of nitrogens with two attached hydrogens (primary N) is 1. The van der Waals surface area contributed by atoms with E-state index in [4.69, 9.17) is 22.2 Å². The number of carbonyl (C=O) groups excluding carboxylic acids is 1. The molecule has 0 aliphatic rings. The lowest BCUT2D eigenvalue weighted by Gasteiger charge is -2.09. The summed E-state index contributed by atoms with van der Waals surface area (Å²) in [6.45, 7) is 0.440. The number of hydrogen-bond acceptors (Lipinski definition) is 3. The van der Waals surface area contributed by atoms with Gasteiger partial charge in [-0.25, -0.2) is 5.84 Å². The fraction of sp³-hybridized carbons (Fsp3) is 0.0714. The number of rotatable bonds is 4. The zero-order valence-electron chi connectivity index (χ0n) is 10.4. The number of benzene rings is 2. The second kappa shape index (κ2) is 6.92. The molecule has 1 amide bonds. The first-order valence-electron chi connectivity index (χ1n) is 5.78. The Hall–Kier alpha value is -1.31. The van der Waals surface area contributed by atoms with Crippen LogP contribution in [0, 0.1) is 3.57 Å². The van der Waals surface area contributed by atoms with Crippen LogP contribution in [0.4, 0.5) is 0 Å². The van der Waals surface area contributed by atoms with Gasteiger partial charge in [0, 0.05) is 10.6 Å². The molecule has 0 unspecified atom stereocenters. The lowest BCUT2D eigenvalue weighted by molar-refractivity contribution is 0.0953. The van der Waals surface area contributed by atoms with Gasteiger partial charge in [-0.15, -0.1) is 0 Å². The van der Waals surface area contributed by atoms with Crippen LogP contribution < -0.4 is 16.0 Å². The van der Waals surface area contributed by atoms with Crippen molar-refractivity contribution in [1.29, 1.82) is 0 Å². The largest absolute Gasteiger partial charge is 0.488 e. The number of nitrogen functional groups attached to an aromatic ring is 1. The van der Waals surface area contributed by atoms with Crippen molar-refractivity contribution < 1.29 is 9.53 Å². The highest BCUT2D eigenvalue weighted by atomic mass is 127. The summed E-state index contributed by atoms with van der Waals surface area (Å²) in [7, 11) is 0. The summed E-state index contributed by atoms with van der Waals surface area (Å²) in [5.74, 6) is 5.49. The van der Waals surface area contributed by atoms with E-state index in [1.165, 1.54) is 0 Å². The predicted molar refractivity (Wildman–Crippen MR) is 86.6 cm³/mol. The lowest BCUT2D eigenvalue weighted by Crippen LogP contribution is -2.29. The molecule has 2 aromatic carbocycles. The summed E-state index contributed by atoms with van der Waals surface area (Å²) >= 11 is 7.94. The average molecular weight is 403 g/mol. The van der Waals surface area contributed by atoms with Crippen molar-refractivity contribution in [3.05, 3.63) is 62.2 Å². The molecule has 0 saturated heterocycles. The van der Waals surface area contributed by atoms with Gasteiger partial charge in [0.25, 0.3) is 5.91 Å². The molecule has 0 aliphatic carbocycles. The molecule has 4 nitrogen and oxygen atoms in total. The monoisotopic (exact) mass is 402 g/mol. The van der Waals surface area contributed by atoms with Crippen LogP contribution in [0.3, 0.4) is 0 Å². The fourth-order valence-electron chi connectivity index (χ4n) is 1.58. The molecule has 0 saturated carbocycles. The average Bonchev–Trinajstić information content (AvgIpc) is 2.46.